The number of rotatable bonds is 1. The minimum Gasteiger partial charge on any atom is -0.388 e. The van der Waals surface area contributed by atoms with Gasteiger partial charge >= 0.3 is 0 Å². The van der Waals surface area contributed by atoms with Crippen molar-refractivity contribution < 1.29 is 5.11 Å². The molecule has 1 heterocycles. The van der Waals surface area contributed by atoms with Crippen LogP contribution < -0.4 is 0 Å². The molecule has 2 aromatic rings. The van der Waals surface area contributed by atoms with Crippen LogP contribution in [0.5, 0.6) is 0 Å². The number of hydrogen-bond donors (Lipinski definition) is 1. The van der Waals surface area contributed by atoms with Crippen LogP contribution in [0.4, 0.5) is 0 Å². The van der Waals surface area contributed by atoms with Gasteiger partial charge in [-0.25, -0.2) is 0 Å². The molecule has 2 aliphatic rings. The van der Waals surface area contributed by atoms with Gasteiger partial charge in [0.15, 0.2) is 0 Å². The van der Waals surface area contributed by atoms with Crippen molar-refractivity contribution in [2.45, 2.75) is 18.6 Å². The highest BCUT2D eigenvalue weighted by Gasteiger charge is 2.44. The number of aliphatic hydroxyl groups is 1. The third-order valence-corrected chi connectivity index (χ3v) is 4.25. The van der Waals surface area contributed by atoms with Crippen LogP contribution in [0.25, 0.3) is 11.1 Å². The standard InChI is InChI=1S/C17H17NO/c1-17(19)10-18(11-17)16-14-8-4-2-6-12(14)13-7-3-5-9-15(13)16/h2-9,16,19H,10-11H2,1H3. The summed E-state index contributed by atoms with van der Waals surface area (Å²) < 4.78 is 0. The molecule has 1 N–H and O–H groups in total. The maximum absolute atomic E-state index is 10.00. The van der Waals surface area contributed by atoms with Crippen LogP contribution in [0.1, 0.15) is 24.1 Å². The Labute approximate surface area is 113 Å². The van der Waals surface area contributed by atoms with E-state index in [0.29, 0.717) is 6.04 Å². The smallest absolute Gasteiger partial charge is 0.0872 e. The molecule has 4 rings (SSSR count). The molecule has 96 valence electrons. The van der Waals surface area contributed by atoms with Gasteiger partial charge in [-0.2, -0.15) is 0 Å². The topological polar surface area (TPSA) is 23.5 Å². The van der Waals surface area contributed by atoms with Crippen LogP contribution in [-0.2, 0) is 0 Å². The van der Waals surface area contributed by atoms with Crippen LogP contribution in [0.15, 0.2) is 48.5 Å². The van der Waals surface area contributed by atoms with Gasteiger partial charge < -0.3 is 5.11 Å². The highest BCUT2D eigenvalue weighted by Crippen LogP contribution is 2.48. The molecule has 19 heavy (non-hydrogen) atoms. The number of fused-ring (bicyclic) bond motifs is 3. The molecule has 0 amide bonds. The van der Waals surface area contributed by atoms with Crippen LogP contribution in [0.3, 0.4) is 0 Å². The Bertz CT molecular complexity index is 594. The lowest BCUT2D eigenvalue weighted by Crippen LogP contribution is -2.60. The number of β-amino-alcohol motifs (C(OH)–C–C–N with tert-alkyl or cyclic N) is 1. The zero-order valence-corrected chi connectivity index (χ0v) is 11.0. The predicted molar refractivity (Wildman–Crippen MR) is 75.9 cm³/mol. The molecule has 2 aromatic carbocycles. The summed E-state index contributed by atoms with van der Waals surface area (Å²) in [4.78, 5) is 2.37. The molecule has 2 nitrogen and oxygen atoms in total. The van der Waals surface area contributed by atoms with E-state index in [-0.39, 0.29) is 0 Å². The molecule has 0 radical (unpaired) electrons. The summed E-state index contributed by atoms with van der Waals surface area (Å²) in [5.74, 6) is 0. The number of nitrogens with zero attached hydrogens (tertiary/aromatic N) is 1. The van der Waals surface area contributed by atoms with E-state index in [2.05, 4.69) is 53.4 Å². The molecule has 1 saturated heterocycles. The maximum Gasteiger partial charge on any atom is 0.0872 e. The number of benzene rings is 2. The normalized spacial score (nSPS) is 20.7. The Morgan fingerprint density at radius 2 is 1.42 bits per heavy atom. The molecular formula is C17H17NO. The number of likely N-dealkylation sites (tertiary alicyclic amines) is 1. The summed E-state index contributed by atoms with van der Waals surface area (Å²) in [6, 6.07) is 17.6. The van der Waals surface area contributed by atoms with E-state index in [1.807, 2.05) is 6.92 Å². The molecule has 0 atom stereocenters. The lowest BCUT2D eigenvalue weighted by atomic mass is 9.91. The SMILES string of the molecule is CC1(O)CN(C2c3ccccc3-c3ccccc32)C1. The Hall–Kier alpha value is -1.64. The molecule has 0 aromatic heterocycles. The first-order valence-corrected chi connectivity index (χ1v) is 6.80. The highest BCUT2D eigenvalue weighted by molar-refractivity contribution is 5.78. The maximum atomic E-state index is 10.00. The van der Waals surface area contributed by atoms with Gasteiger partial charge in [0.25, 0.3) is 0 Å². The van der Waals surface area contributed by atoms with E-state index >= 15 is 0 Å². The summed E-state index contributed by atoms with van der Waals surface area (Å²) in [6.07, 6.45) is 0. The average molecular weight is 251 g/mol. The zero-order valence-electron chi connectivity index (χ0n) is 11.0. The third-order valence-electron chi connectivity index (χ3n) is 4.25. The fourth-order valence-corrected chi connectivity index (χ4v) is 3.53. The van der Waals surface area contributed by atoms with Crippen molar-refractivity contribution >= 4 is 0 Å². The summed E-state index contributed by atoms with van der Waals surface area (Å²) in [5, 5.41) is 10.00. The van der Waals surface area contributed by atoms with Crippen LogP contribution >= 0.6 is 0 Å². The summed E-state index contributed by atoms with van der Waals surface area (Å²) >= 11 is 0. The first-order chi connectivity index (χ1) is 9.16. The molecular weight excluding hydrogens is 234 g/mol. The van der Waals surface area contributed by atoms with Crippen molar-refractivity contribution in [2.24, 2.45) is 0 Å². The summed E-state index contributed by atoms with van der Waals surface area (Å²) in [5.41, 5.74) is 4.91. The molecule has 2 heteroatoms. The van der Waals surface area contributed by atoms with Crippen molar-refractivity contribution in [2.75, 3.05) is 13.1 Å². The average Bonchev–Trinajstić information content (AvgIpc) is 2.70. The third kappa shape index (κ3) is 1.57. The Kier molecular flexibility index (Phi) is 2.17. The van der Waals surface area contributed by atoms with Gasteiger partial charge in [-0.3, -0.25) is 4.90 Å². The fourth-order valence-electron chi connectivity index (χ4n) is 3.53. The Morgan fingerprint density at radius 3 is 1.89 bits per heavy atom. The highest BCUT2D eigenvalue weighted by atomic mass is 16.3. The lowest BCUT2D eigenvalue weighted by molar-refractivity contribution is -0.0958. The van der Waals surface area contributed by atoms with Crippen LogP contribution in [0.2, 0.25) is 0 Å². The van der Waals surface area contributed by atoms with Crippen molar-refractivity contribution in [3.8, 4) is 11.1 Å². The number of hydrogen-bond acceptors (Lipinski definition) is 2. The lowest BCUT2D eigenvalue weighted by Gasteiger charge is -2.48. The minimum atomic E-state index is -0.521. The molecule has 1 aliphatic carbocycles. The second-order valence-corrected chi connectivity index (χ2v) is 5.98. The van der Waals surface area contributed by atoms with E-state index in [9.17, 15) is 5.11 Å². The molecule has 0 saturated carbocycles. The van der Waals surface area contributed by atoms with Gasteiger partial charge in [0.05, 0.1) is 11.6 Å². The van der Waals surface area contributed by atoms with Crippen molar-refractivity contribution in [3.05, 3.63) is 59.7 Å². The fraction of sp³-hybridized carbons (Fsp3) is 0.294. The molecule has 0 unspecified atom stereocenters. The van der Waals surface area contributed by atoms with E-state index in [1.165, 1.54) is 22.3 Å². The van der Waals surface area contributed by atoms with Gasteiger partial charge in [0.1, 0.15) is 0 Å². The Morgan fingerprint density at radius 1 is 0.947 bits per heavy atom. The molecule has 0 spiro atoms. The van der Waals surface area contributed by atoms with Crippen LogP contribution in [-0.4, -0.2) is 28.7 Å². The quantitative estimate of drug-likeness (QED) is 0.842. The van der Waals surface area contributed by atoms with Crippen molar-refractivity contribution in [1.82, 2.24) is 4.90 Å². The van der Waals surface area contributed by atoms with E-state index < -0.39 is 5.60 Å². The van der Waals surface area contributed by atoms with Gasteiger partial charge in [-0.15, -0.1) is 0 Å². The molecule has 0 bridgehead atoms. The predicted octanol–water partition coefficient (Wildman–Crippen LogP) is 2.82. The second-order valence-electron chi connectivity index (χ2n) is 5.98. The summed E-state index contributed by atoms with van der Waals surface area (Å²) in [6.45, 7) is 3.41. The van der Waals surface area contributed by atoms with Gasteiger partial charge in [-0.05, 0) is 29.2 Å². The monoisotopic (exact) mass is 251 g/mol. The van der Waals surface area contributed by atoms with E-state index in [4.69, 9.17) is 0 Å². The largest absolute Gasteiger partial charge is 0.388 e. The van der Waals surface area contributed by atoms with Gasteiger partial charge in [0, 0.05) is 13.1 Å². The van der Waals surface area contributed by atoms with E-state index in [0.717, 1.165) is 13.1 Å². The van der Waals surface area contributed by atoms with E-state index in [1.54, 1.807) is 0 Å². The first kappa shape index (κ1) is 11.2. The second kappa shape index (κ2) is 3.69. The Balaban J connectivity index is 1.83. The first-order valence-electron chi connectivity index (χ1n) is 6.80. The summed E-state index contributed by atoms with van der Waals surface area (Å²) in [7, 11) is 0. The van der Waals surface area contributed by atoms with Crippen molar-refractivity contribution in [3.63, 3.8) is 0 Å². The molecule has 1 fully saturated rings. The molecule has 1 aliphatic heterocycles. The van der Waals surface area contributed by atoms with Gasteiger partial charge in [-0.1, -0.05) is 48.5 Å². The minimum absolute atomic E-state index is 0.313. The zero-order chi connectivity index (χ0) is 13.0. The van der Waals surface area contributed by atoms with Crippen molar-refractivity contribution in [1.29, 1.82) is 0 Å². The van der Waals surface area contributed by atoms with Gasteiger partial charge in [0.2, 0.25) is 0 Å². The van der Waals surface area contributed by atoms with Crippen LogP contribution in [0, 0.1) is 0 Å².